The zero-order valence-electron chi connectivity index (χ0n) is 17.4. The van der Waals surface area contributed by atoms with Crippen LogP contribution in [0.5, 0.6) is 5.75 Å². The number of pyridine rings is 1. The number of carbonyl (C=O) groups is 1. The van der Waals surface area contributed by atoms with Crippen molar-refractivity contribution in [1.29, 1.82) is 0 Å². The highest BCUT2D eigenvalue weighted by Gasteiger charge is 2.42. The highest BCUT2D eigenvalue weighted by atomic mass is 16.5. The molecule has 1 aromatic heterocycles. The molecule has 4 heterocycles. The van der Waals surface area contributed by atoms with E-state index in [1.54, 1.807) is 13.3 Å². The van der Waals surface area contributed by atoms with Gasteiger partial charge in [0.1, 0.15) is 11.9 Å². The van der Waals surface area contributed by atoms with Crippen molar-refractivity contribution >= 4 is 16.9 Å². The maximum Gasteiger partial charge on any atom is 0.332 e. The van der Waals surface area contributed by atoms with E-state index in [1.165, 1.54) is 13.3 Å². The number of benzene rings is 1. The quantitative estimate of drug-likeness (QED) is 0.646. The molecule has 0 amide bonds. The molecule has 2 aromatic rings. The first-order chi connectivity index (χ1) is 14.3. The highest BCUT2D eigenvalue weighted by Crippen LogP contribution is 2.42. The SMILES string of the molecule is C=C[C@H]1CN2CCC1C[C@@H]2[C@@H](O)c1ccnc2ccc(OC)cc12.CC(O)C(=O)O. The number of aliphatic hydroxyl groups is 2. The van der Waals surface area contributed by atoms with Gasteiger partial charge in [0.05, 0.1) is 18.7 Å². The second kappa shape index (κ2) is 9.55. The van der Waals surface area contributed by atoms with Crippen LogP contribution in [0.2, 0.25) is 0 Å². The number of methoxy groups -OCH3 is 1. The van der Waals surface area contributed by atoms with Crippen molar-refractivity contribution in [3.63, 3.8) is 0 Å². The Kier molecular flexibility index (Phi) is 7.07. The third-order valence-electron chi connectivity index (χ3n) is 6.18. The van der Waals surface area contributed by atoms with Gasteiger partial charge in [-0.25, -0.2) is 4.79 Å². The lowest BCUT2D eigenvalue weighted by atomic mass is 9.73. The minimum atomic E-state index is -1.23. The zero-order chi connectivity index (χ0) is 21.8. The molecule has 1 aromatic carbocycles. The number of rotatable bonds is 5. The molecule has 5 rings (SSSR count). The third kappa shape index (κ3) is 4.64. The summed E-state index contributed by atoms with van der Waals surface area (Å²) in [6, 6.07) is 7.96. The lowest BCUT2D eigenvalue weighted by Gasteiger charge is -2.50. The maximum absolute atomic E-state index is 11.2. The Hall–Kier alpha value is -2.48. The van der Waals surface area contributed by atoms with Crippen molar-refractivity contribution < 1.29 is 24.9 Å². The minimum Gasteiger partial charge on any atom is -0.497 e. The van der Waals surface area contributed by atoms with Gasteiger partial charge in [-0.3, -0.25) is 9.88 Å². The number of hydrogen-bond acceptors (Lipinski definition) is 6. The van der Waals surface area contributed by atoms with Gasteiger partial charge in [-0.05, 0) is 68.0 Å². The Morgan fingerprint density at radius 2 is 2.10 bits per heavy atom. The van der Waals surface area contributed by atoms with Crippen LogP contribution in [0.3, 0.4) is 0 Å². The molecule has 0 aliphatic carbocycles. The van der Waals surface area contributed by atoms with E-state index in [2.05, 4.69) is 22.5 Å². The Bertz CT molecular complexity index is 900. The molecule has 30 heavy (non-hydrogen) atoms. The minimum absolute atomic E-state index is 0.178. The fourth-order valence-corrected chi connectivity index (χ4v) is 4.44. The molecule has 162 valence electrons. The van der Waals surface area contributed by atoms with Gasteiger partial charge < -0.3 is 20.1 Å². The van der Waals surface area contributed by atoms with Crippen molar-refractivity contribution in [2.75, 3.05) is 20.2 Å². The standard InChI is InChI=1S/C20H24N2O2.C3H6O3/c1-3-13-12-22-9-7-14(13)10-19(22)20(23)16-6-8-21-18-5-4-15(24-2)11-17(16)18;1-2(4)3(5)6/h3-6,8,11,13-14,19-20,23H,1,7,9-10,12H2,2H3;2,4H,1H3,(H,5,6)/t13-,14?,19+,20-;/m0./s1. The number of ether oxygens (including phenoxy) is 1. The first kappa shape index (κ1) is 22.2. The number of carboxylic acid groups (broad SMARTS) is 1. The van der Waals surface area contributed by atoms with Crippen molar-refractivity contribution in [3.8, 4) is 5.75 Å². The predicted octanol–water partition coefficient (Wildman–Crippen LogP) is 2.63. The van der Waals surface area contributed by atoms with Crippen LogP contribution in [0.4, 0.5) is 0 Å². The topological polar surface area (TPSA) is 103 Å². The zero-order valence-corrected chi connectivity index (χ0v) is 17.4. The number of hydrogen-bond donors (Lipinski definition) is 3. The maximum atomic E-state index is 11.2. The van der Waals surface area contributed by atoms with Gasteiger partial charge in [0, 0.05) is 24.2 Å². The average molecular weight is 415 g/mol. The number of nitrogens with zero attached hydrogens (tertiary/aromatic N) is 2. The van der Waals surface area contributed by atoms with Crippen molar-refractivity contribution in [3.05, 3.63) is 48.7 Å². The van der Waals surface area contributed by atoms with E-state index in [4.69, 9.17) is 14.9 Å². The Morgan fingerprint density at radius 3 is 2.67 bits per heavy atom. The molecule has 0 radical (unpaired) electrons. The molecular formula is C23H30N2O5. The van der Waals surface area contributed by atoms with Crippen molar-refractivity contribution in [1.82, 2.24) is 9.88 Å². The Labute approximate surface area is 176 Å². The van der Waals surface area contributed by atoms with Crippen LogP contribution < -0.4 is 4.74 Å². The highest BCUT2D eigenvalue weighted by molar-refractivity contribution is 5.84. The van der Waals surface area contributed by atoms with E-state index in [1.807, 2.05) is 24.3 Å². The second-order valence-corrected chi connectivity index (χ2v) is 7.99. The third-order valence-corrected chi connectivity index (χ3v) is 6.18. The van der Waals surface area contributed by atoms with Crippen LogP contribution in [0.15, 0.2) is 43.1 Å². The molecule has 3 saturated heterocycles. The molecule has 0 saturated carbocycles. The van der Waals surface area contributed by atoms with E-state index < -0.39 is 18.2 Å². The van der Waals surface area contributed by atoms with E-state index in [0.717, 1.165) is 41.7 Å². The summed E-state index contributed by atoms with van der Waals surface area (Å²) in [5.41, 5.74) is 1.85. The van der Waals surface area contributed by atoms with Crippen molar-refractivity contribution in [2.24, 2.45) is 11.8 Å². The summed E-state index contributed by atoms with van der Waals surface area (Å²) in [6.07, 6.45) is 4.39. The molecule has 2 bridgehead atoms. The lowest BCUT2D eigenvalue weighted by molar-refractivity contribution is -0.145. The molecule has 7 heteroatoms. The number of piperidine rings is 3. The number of carboxylic acids is 1. The number of aromatic nitrogens is 1. The molecule has 7 nitrogen and oxygen atoms in total. The van der Waals surface area contributed by atoms with Crippen LogP contribution >= 0.6 is 0 Å². The monoisotopic (exact) mass is 414 g/mol. The summed E-state index contributed by atoms with van der Waals surface area (Å²) in [7, 11) is 1.66. The molecule has 3 aliphatic heterocycles. The normalized spacial score (nSPS) is 26.9. The van der Waals surface area contributed by atoms with E-state index in [-0.39, 0.29) is 6.04 Å². The number of aliphatic hydroxyl groups excluding tert-OH is 2. The van der Waals surface area contributed by atoms with Gasteiger partial charge in [-0.2, -0.15) is 0 Å². The average Bonchev–Trinajstić information content (AvgIpc) is 2.78. The van der Waals surface area contributed by atoms with Gasteiger partial charge in [0.25, 0.3) is 0 Å². The molecular weight excluding hydrogens is 384 g/mol. The lowest BCUT2D eigenvalue weighted by Crippen LogP contribution is -2.54. The van der Waals surface area contributed by atoms with E-state index in [9.17, 15) is 9.90 Å². The van der Waals surface area contributed by atoms with Gasteiger partial charge >= 0.3 is 5.97 Å². The Morgan fingerprint density at radius 1 is 1.37 bits per heavy atom. The summed E-state index contributed by atoms with van der Waals surface area (Å²) in [6.45, 7) is 7.27. The molecule has 3 aliphatic rings. The van der Waals surface area contributed by atoms with Crippen LogP contribution in [-0.2, 0) is 4.79 Å². The molecule has 0 spiro atoms. The summed E-state index contributed by atoms with van der Waals surface area (Å²) in [5, 5.41) is 27.9. The van der Waals surface area contributed by atoms with Gasteiger partial charge in [0.15, 0.2) is 0 Å². The first-order valence-electron chi connectivity index (χ1n) is 10.2. The van der Waals surface area contributed by atoms with Crippen LogP contribution in [-0.4, -0.2) is 63.5 Å². The van der Waals surface area contributed by atoms with Crippen molar-refractivity contribution in [2.45, 2.75) is 38.0 Å². The second-order valence-electron chi connectivity index (χ2n) is 7.99. The van der Waals surface area contributed by atoms with E-state index >= 15 is 0 Å². The summed E-state index contributed by atoms with van der Waals surface area (Å²) >= 11 is 0. The smallest absolute Gasteiger partial charge is 0.332 e. The largest absolute Gasteiger partial charge is 0.497 e. The predicted molar refractivity (Wildman–Crippen MR) is 114 cm³/mol. The molecule has 3 fully saturated rings. The Balaban J connectivity index is 0.000000377. The fourth-order valence-electron chi connectivity index (χ4n) is 4.44. The molecule has 3 N–H and O–H groups in total. The van der Waals surface area contributed by atoms with Crippen LogP contribution in [0, 0.1) is 11.8 Å². The summed E-state index contributed by atoms with van der Waals surface area (Å²) < 4.78 is 5.35. The number of fused-ring (bicyclic) bond motifs is 4. The molecule has 3 unspecified atom stereocenters. The van der Waals surface area contributed by atoms with Crippen LogP contribution in [0.1, 0.15) is 31.4 Å². The first-order valence-corrected chi connectivity index (χ1v) is 10.2. The van der Waals surface area contributed by atoms with Gasteiger partial charge in [-0.1, -0.05) is 6.08 Å². The van der Waals surface area contributed by atoms with Gasteiger partial charge in [0.2, 0.25) is 0 Å². The fraction of sp³-hybridized carbons (Fsp3) is 0.478. The molecule has 6 atom stereocenters. The van der Waals surface area contributed by atoms with Gasteiger partial charge in [-0.15, -0.1) is 6.58 Å². The summed E-state index contributed by atoms with van der Waals surface area (Å²) in [4.78, 5) is 16.3. The summed E-state index contributed by atoms with van der Waals surface area (Å²) in [5.74, 6) is 0.822. The van der Waals surface area contributed by atoms with E-state index in [0.29, 0.717) is 11.8 Å². The van der Waals surface area contributed by atoms with Crippen LogP contribution in [0.25, 0.3) is 10.9 Å². The number of aliphatic carboxylic acids is 1.